The van der Waals surface area contributed by atoms with Gasteiger partial charge in [0.05, 0.1) is 17.6 Å². The smallest absolute Gasteiger partial charge is 0.409 e. The van der Waals surface area contributed by atoms with E-state index in [1.54, 1.807) is 0 Å². The van der Waals surface area contributed by atoms with Gasteiger partial charge in [-0.25, -0.2) is 17.5 Å². The average Bonchev–Trinajstić information content (AvgIpc) is 2.60. The molecule has 25 heavy (non-hydrogen) atoms. The van der Waals surface area contributed by atoms with Crippen molar-refractivity contribution >= 4 is 27.7 Å². The van der Waals surface area contributed by atoms with E-state index in [0.717, 1.165) is 4.31 Å². The topological polar surface area (TPSA) is 113 Å². The maximum Gasteiger partial charge on any atom is 0.409 e. The fourth-order valence-electron chi connectivity index (χ4n) is 2.48. The molecule has 0 atom stereocenters. The van der Waals surface area contributed by atoms with Crippen molar-refractivity contribution in [3.05, 3.63) is 23.8 Å². The number of nitrogen functional groups attached to an aromatic ring is 1. The Bertz CT molecular complexity index is 770. The first-order valence-electron chi connectivity index (χ1n) is 7.62. The fraction of sp³-hybridized carbons (Fsp3) is 0.467. The third kappa shape index (κ3) is 3.85. The third-order valence-electron chi connectivity index (χ3n) is 4.03. The standard InChI is InChI=1S/C15H22N4O5S/c1-17(2)25(22,23)11-4-5-13(16)12(10-11)14(20)18-6-8-19(9-7-18)15(21)24-3/h4-5,10H,6-9,16H2,1-3H3. The molecule has 9 nitrogen and oxygen atoms in total. The van der Waals surface area contributed by atoms with Crippen LogP contribution in [0.1, 0.15) is 10.4 Å². The number of carbonyl (C=O) groups is 2. The van der Waals surface area contributed by atoms with Crippen LogP contribution in [-0.2, 0) is 14.8 Å². The summed E-state index contributed by atoms with van der Waals surface area (Å²) in [4.78, 5) is 27.3. The number of benzene rings is 1. The van der Waals surface area contributed by atoms with Gasteiger partial charge in [0.2, 0.25) is 10.0 Å². The summed E-state index contributed by atoms with van der Waals surface area (Å²) in [5, 5.41) is 0. The number of piperazine rings is 1. The number of carbonyl (C=O) groups excluding carboxylic acids is 2. The van der Waals surface area contributed by atoms with E-state index in [1.807, 2.05) is 0 Å². The maximum absolute atomic E-state index is 12.7. The zero-order chi connectivity index (χ0) is 18.8. The molecule has 0 bridgehead atoms. The van der Waals surface area contributed by atoms with Gasteiger partial charge in [-0.2, -0.15) is 0 Å². The largest absolute Gasteiger partial charge is 0.453 e. The molecule has 138 valence electrons. The van der Waals surface area contributed by atoms with Crippen LogP contribution >= 0.6 is 0 Å². The Balaban J connectivity index is 2.22. The number of nitrogens with zero attached hydrogens (tertiary/aromatic N) is 3. The monoisotopic (exact) mass is 370 g/mol. The first kappa shape index (κ1) is 19.0. The van der Waals surface area contributed by atoms with E-state index in [-0.39, 0.29) is 22.1 Å². The van der Waals surface area contributed by atoms with Crippen LogP contribution in [0.15, 0.2) is 23.1 Å². The van der Waals surface area contributed by atoms with Crippen molar-refractivity contribution in [3.63, 3.8) is 0 Å². The molecule has 1 fully saturated rings. The van der Waals surface area contributed by atoms with Gasteiger partial charge in [0.15, 0.2) is 0 Å². The molecule has 10 heteroatoms. The molecule has 2 amide bonds. The highest BCUT2D eigenvalue weighted by Crippen LogP contribution is 2.22. The van der Waals surface area contributed by atoms with Crippen molar-refractivity contribution in [1.82, 2.24) is 14.1 Å². The minimum Gasteiger partial charge on any atom is -0.453 e. The lowest BCUT2D eigenvalue weighted by Crippen LogP contribution is -2.50. The Kier molecular flexibility index (Phi) is 5.53. The molecule has 0 saturated carbocycles. The van der Waals surface area contributed by atoms with Crippen molar-refractivity contribution in [2.24, 2.45) is 0 Å². The number of hydrogen-bond acceptors (Lipinski definition) is 6. The van der Waals surface area contributed by atoms with Crippen LogP contribution in [0.2, 0.25) is 0 Å². The van der Waals surface area contributed by atoms with Crippen molar-refractivity contribution in [1.29, 1.82) is 0 Å². The van der Waals surface area contributed by atoms with Crippen molar-refractivity contribution < 1.29 is 22.7 Å². The van der Waals surface area contributed by atoms with Crippen molar-refractivity contribution in [2.75, 3.05) is 53.1 Å². The number of rotatable bonds is 3. The molecule has 0 spiro atoms. The van der Waals surface area contributed by atoms with Crippen molar-refractivity contribution in [2.45, 2.75) is 4.90 Å². The maximum atomic E-state index is 12.7. The molecule has 0 aliphatic carbocycles. The normalized spacial score (nSPS) is 15.4. The lowest BCUT2D eigenvalue weighted by atomic mass is 10.1. The molecular formula is C15H22N4O5S. The summed E-state index contributed by atoms with van der Waals surface area (Å²) in [5.41, 5.74) is 6.21. The summed E-state index contributed by atoms with van der Waals surface area (Å²) in [6, 6.07) is 4.07. The number of sulfonamides is 1. The fourth-order valence-corrected chi connectivity index (χ4v) is 3.41. The molecule has 1 heterocycles. The number of hydrogen-bond donors (Lipinski definition) is 1. The number of anilines is 1. The van der Waals surface area contributed by atoms with Gasteiger partial charge in [0, 0.05) is 46.0 Å². The molecule has 1 saturated heterocycles. The van der Waals surface area contributed by atoms with E-state index in [2.05, 4.69) is 4.74 Å². The van der Waals surface area contributed by atoms with Gasteiger partial charge in [0.25, 0.3) is 5.91 Å². The van der Waals surface area contributed by atoms with E-state index < -0.39 is 16.1 Å². The van der Waals surface area contributed by atoms with E-state index in [4.69, 9.17) is 5.73 Å². The second-order valence-corrected chi connectivity index (χ2v) is 7.94. The summed E-state index contributed by atoms with van der Waals surface area (Å²) in [7, 11) is 0.468. The Morgan fingerprint density at radius 2 is 1.68 bits per heavy atom. The van der Waals surface area contributed by atoms with E-state index in [0.29, 0.717) is 26.2 Å². The highest BCUT2D eigenvalue weighted by atomic mass is 32.2. The second-order valence-electron chi connectivity index (χ2n) is 5.79. The lowest BCUT2D eigenvalue weighted by molar-refractivity contribution is 0.0600. The molecule has 1 aliphatic rings. The summed E-state index contributed by atoms with van der Waals surface area (Å²) >= 11 is 0. The molecule has 1 aromatic carbocycles. The first-order valence-corrected chi connectivity index (χ1v) is 9.06. The minimum atomic E-state index is -3.67. The molecule has 0 radical (unpaired) electrons. The number of amides is 2. The van der Waals surface area contributed by atoms with Crippen LogP contribution in [0.5, 0.6) is 0 Å². The Hall–Kier alpha value is -2.33. The zero-order valence-corrected chi connectivity index (χ0v) is 15.2. The predicted molar refractivity (Wildman–Crippen MR) is 91.6 cm³/mol. The van der Waals surface area contributed by atoms with Crippen LogP contribution < -0.4 is 5.73 Å². The van der Waals surface area contributed by atoms with E-state index in [9.17, 15) is 18.0 Å². The summed E-state index contributed by atoms with van der Waals surface area (Å²) in [6.45, 7) is 1.32. The first-order chi connectivity index (χ1) is 11.7. The average molecular weight is 370 g/mol. The summed E-state index contributed by atoms with van der Waals surface area (Å²) < 4.78 is 30.2. The van der Waals surface area contributed by atoms with Gasteiger partial charge in [-0.3, -0.25) is 4.79 Å². The lowest BCUT2D eigenvalue weighted by Gasteiger charge is -2.34. The zero-order valence-electron chi connectivity index (χ0n) is 14.4. The number of nitrogens with two attached hydrogens (primary N) is 1. The number of ether oxygens (including phenoxy) is 1. The quantitative estimate of drug-likeness (QED) is 0.752. The van der Waals surface area contributed by atoms with Gasteiger partial charge in [-0.05, 0) is 18.2 Å². The van der Waals surface area contributed by atoms with Gasteiger partial charge < -0.3 is 20.3 Å². The summed E-state index contributed by atoms with van der Waals surface area (Å²) in [6.07, 6.45) is -0.439. The van der Waals surface area contributed by atoms with Gasteiger partial charge >= 0.3 is 6.09 Å². The molecule has 2 N–H and O–H groups in total. The summed E-state index contributed by atoms with van der Waals surface area (Å²) in [5.74, 6) is -0.363. The minimum absolute atomic E-state index is 0.00301. The number of methoxy groups -OCH3 is 1. The van der Waals surface area contributed by atoms with Gasteiger partial charge in [0.1, 0.15) is 0 Å². The predicted octanol–water partition coefficient (Wildman–Crippen LogP) is 0.0433. The highest BCUT2D eigenvalue weighted by molar-refractivity contribution is 7.89. The van der Waals surface area contributed by atoms with Crippen LogP contribution in [0.25, 0.3) is 0 Å². The van der Waals surface area contributed by atoms with Crippen LogP contribution in [0.4, 0.5) is 10.5 Å². The molecular weight excluding hydrogens is 348 g/mol. The SMILES string of the molecule is COC(=O)N1CCN(C(=O)c2cc(S(=O)(=O)N(C)C)ccc2N)CC1. The molecule has 0 aromatic heterocycles. The van der Waals surface area contributed by atoms with E-state index in [1.165, 1.54) is 49.2 Å². The van der Waals surface area contributed by atoms with Gasteiger partial charge in [-0.1, -0.05) is 0 Å². The van der Waals surface area contributed by atoms with E-state index >= 15 is 0 Å². The Morgan fingerprint density at radius 3 is 2.20 bits per heavy atom. The van der Waals surface area contributed by atoms with Crippen LogP contribution in [0, 0.1) is 0 Å². The van der Waals surface area contributed by atoms with Crippen LogP contribution in [-0.4, -0.2) is 81.9 Å². The molecule has 2 rings (SSSR count). The van der Waals surface area contributed by atoms with Crippen molar-refractivity contribution in [3.8, 4) is 0 Å². The van der Waals surface area contributed by atoms with Crippen LogP contribution in [0.3, 0.4) is 0 Å². The van der Waals surface area contributed by atoms with Gasteiger partial charge in [-0.15, -0.1) is 0 Å². The molecule has 1 aliphatic heterocycles. The third-order valence-corrected chi connectivity index (χ3v) is 5.84. The molecule has 1 aromatic rings. The Morgan fingerprint density at radius 1 is 1.12 bits per heavy atom. The second kappa shape index (κ2) is 7.28. The highest BCUT2D eigenvalue weighted by Gasteiger charge is 2.27. The Labute approximate surface area is 147 Å². The molecule has 0 unspecified atom stereocenters.